The number of hydrogen-bond donors (Lipinski definition) is 3. The topological polar surface area (TPSA) is 70.2 Å². The molecule has 1 aliphatic rings. The van der Waals surface area contributed by atoms with Gasteiger partial charge >= 0.3 is 0 Å². The van der Waals surface area contributed by atoms with E-state index >= 15 is 0 Å². The lowest BCUT2D eigenvalue weighted by atomic mass is 10.0. The third-order valence-corrected chi connectivity index (χ3v) is 2.73. The van der Waals surface area contributed by atoms with Gasteiger partial charge in [0.05, 0.1) is 6.04 Å². The van der Waals surface area contributed by atoms with Gasteiger partial charge in [0.15, 0.2) is 0 Å². The average Bonchev–Trinajstić information content (AvgIpc) is 2.30. The van der Waals surface area contributed by atoms with Crippen LogP contribution in [0.4, 0.5) is 0 Å². The minimum Gasteiger partial charge on any atom is -0.355 e. The second kappa shape index (κ2) is 8.31. The smallest absolute Gasteiger partial charge is 0.242 e. The summed E-state index contributed by atoms with van der Waals surface area (Å²) in [6.07, 6.45) is 3.05. The number of nitrogens with one attached hydrogen (secondary N) is 3. The molecule has 2 unspecified atom stereocenters. The molecule has 0 aromatic carbocycles. The van der Waals surface area contributed by atoms with E-state index in [2.05, 4.69) is 16.0 Å². The van der Waals surface area contributed by atoms with E-state index in [1.54, 1.807) is 6.92 Å². The Kier molecular flexibility index (Phi) is 7.91. The third-order valence-electron chi connectivity index (χ3n) is 2.73. The molecule has 0 spiro atoms. The molecule has 100 valence electrons. The molecule has 5 nitrogen and oxygen atoms in total. The van der Waals surface area contributed by atoms with E-state index in [0.717, 1.165) is 25.8 Å². The van der Waals surface area contributed by atoms with Crippen LogP contribution in [0.5, 0.6) is 0 Å². The van der Waals surface area contributed by atoms with Gasteiger partial charge in [-0.15, -0.1) is 12.4 Å². The lowest BCUT2D eigenvalue weighted by molar-refractivity contribution is -0.129. The predicted octanol–water partition coefficient (Wildman–Crippen LogP) is 0.191. The van der Waals surface area contributed by atoms with E-state index < -0.39 is 6.04 Å². The first-order valence-corrected chi connectivity index (χ1v) is 5.96. The van der Waals surface area contributed by atoms with Crippen molar-refractivity contribution >= 4 is 24.2 Å². The lowest BCUT2D eigenvalue weighted by Crippen LogP contribution is -2.52. The Morgan fingerprint density at radius 1 is 1.41 bits per heavy atom. The summed E-state index contributed by atoms with van der Waals surface area (Å²) < 4.78 is 0. The molecule has 1 aliphatic heterocycles. The number of amides is 2. The largest absolute Gasteiger partial charge is 0.355 e. The second-order valence-corrected chi connectivity index (χ2v) is 4.13. The number of piperidine rings is 1. The number of carbonyl (C=O) groups is 2. The molecule has 2 amide bonds. The summed E-state index contributed by atoms with van der Waals surface area (Å²) in [6, 6.07) is -0.596. The van der Waals surface area contributed by atoms with Crippen LogP contribution in [0.3, 0.4) is 0 Å². The summed E-state index contributed by atoms with van der Waals surface area (Å²) in [5.41, 5.74) is 0. The minimum atomic E-state index is -0.462. The van der Waals surface area contributed by atoms with Crippen LogP contribution in [0.25, 0.3) is 0 Å². The summed E-state index contributed by atoms with van der Waals surface area (Å²) >= 11 is 0. The van der Waals surface area contributed by atoms with Crippen molar-refractivity contribution < 1.29 is 9.59 Å². The zero-order chi connectivity index (χ0) is 12.0. The fraction of sp³-hybridized carbons (Fsp3) is 0.818. The molecule has 2 atom stereocenters. The average molecular weight is 264 g/mol. The van der Waals surface area contributed by atoms with Gasteiger partial charge < -0.3 is 16.0 Å². The van der Waals surface area contributed by atoms with Gasteiger partial charge in [-0.3, -0.25) is 9.59 Å². The van der Waals surface area contributed by atoms with Crippen molar-refractivity contribution in [2.75, 3.05) is 13.1 Å². The molecule has 0 saturated carbocycles. The van der Waals surface area contributed by atoms with Crippen LogP contribution in [0.1, 0.15) is 33.1 Å². The first-order valence-electron chi connectivity index (χ1n) is 5.96. The van der Waals surface area contributed by atoms with Crippen molar-refractivity contribution in [3.8, 4) is 0 Å². The maximum Gasteiger partial charge on any atom is 0.242 e. The molecule has 1 heterocycles. The number of hydrogen-bond acceptors (Lipinski definition) is 3. The minimum absolute atomic E-state index is 0. The molecule has 3 N–H and O–H groups in total. The summed E-state index contributed by atoms with van der Waals surface area (Å²) in [6.45, 7) is 5.02. The third kappa shape index (κ3) is 5.37. The molecular weight excluding hydrogens is 242 g/mol. The van der Waals surface area contributed by atoms with Crippen molar-refractivity contribution in [1.82, 2.24) is 16.0 Å². The van der Waals surface area contributed by atoms with E-state index in [4.69, 9.17) is 0 Å². The zero-order valence-corrected chi connectivity index (χ0v) is 11.2. The molecule has 0 aromatic rings. The van der Waals surface area contributed by atoms with E-state index in [-0.39, 0.29) is 30.3 Å². The Bertz CT molecular complexity index is 255. The van der Waals surface area contributed by atoms with Gasteiger partial charge in [0.25, 0.3) is 0 Å². The lowest BCUT2D eigenvalue weighted by Gasteiger charge is -2.24. The predicted molar refractivity (Wildman–Crippen MR) is 69.2 cm³/mol. The number of rotatable bonds is 4. The first kappa shape index (κ1) is 16.2. The van der Waals surface area contributed by atoms with Crippen LogP contribution in [0, 0.1) is 0 Å². The fourth-order valence-corrected chi connectivity index (χ4v) is 1.78. The summed E-state index contributed by atoms with van der Waals surface area (Å²) in [5.74, 6) is -0.204. The van der Waals surface area contributed by atoms with Crippen LogP contribution in [0.15, 0.2) is 0 Å². The monoisotopic (exact) mass is 263 g/mol. The SMILES string of the molecule is CCNC(=O)C(C)NC(=O)C1CCCCN1.Cl. The first-order chi connectivity index (χ1) is 7.65. The Morgan fingerprint density at radius 2 is 2.12 bits per heavy atom. The van der Waals surface area contributed by atoms with Crippen molar-refractivity contribution in [2.24, 2.45) is 0 Å². The fourth-order valence-electron chi connectivity index (χ4n) is 1.78. The number of halogens is 1. The van der Waals surface area contributed by atoms with Crippen LogP contribution in [-0.2, 0) is 9.59 Å². The Balaban J connectivity index is 0.00000256. The molecular formula is C11H22ClN3O2. The summed E-state index contributed by atoms with van der Waals surface area (Å²) in [4.78, 5) is 23.2. The van der Waals surface area contributed by atoms with Crippen molar-refractivity contribution in [2.45, 2.75) is 45.2 Å². The Hall–Kier alpha value is -0.810. The van der Waals surface area contributed by atoms with E-state index in [1.165, 1.54) is 0 Å². The quantitative estimate of drug-likeness (QED) is 0.678. The highest BCUT2D eigenvalue weighted by Gasteiger charge is 2.23. The van der Waals surface area contributed by atoms with Gasteiger partial charge in [0, 0.05) is 6.54 Å². The van der Waals surface area contributed by atoms with Crippen molar-refractivity contribution in [3.63, 3.8) is 0 Å². The highest BCUT2D eigenvalue weighted by molar-refractivity contribution is 5.89. The van der Waals surface area contributed by atoms with Crippen LogP contribution in [0.2, 0.25) is 0 Å². The highest BCUT2D eigenvalue weighted by Crippen LogP contribution is 2.06. The molecule has 0 aliphatic carbocycles. The van der Waals surface area contributed by atoms with E-state index in [9.17, 15) is 9.59 Å². The molecule has 6 heteroatoms. The molecule has 1 fully saturated rings. The second-order valence-electron chi connectivity index (χ2n) is 4.13. The van der Waals surface area contributed by atoms with E-state index in [0.29, 0.717) is 6.54 Å². The Labute approximate surface area is 109 Å². The normalized spacial score (nSPS) is 20.9. The molecule has 0 radical (unpaired) electrons. The zero-order valence-electron chi connectivity index (χ0n) is 10.4. The molecule has 0 bridgehead atoms. The van der Waals surface area contributed by atoms with Gasteiger partial charge in [0.2, 0.25) is 11.8 Å². The summed E-state index contributed by atoms with van der Waals surface area (Å²) in [7, 11) is 0. The summed E-state index contributed by atoms with van der Waals surface area (Å²) in [5, 5.41) is 8.55. The van der Waals surface area contributed by atoms with Crippen LogP contribution < -0.4 is 16.0 Å². The van der Waals surface area contributed by atoms with Crippen LogP contribution in [-0.4, -0.2) is 37.0 Å². The van der Waals surface area contributed by atoms with Gasteiger partial charge in [-0.05, 0) is 33.2 Å². The maximum absolute atomic E-state index is 11.8. The van der Waals surface area contributed by atoms with Crippen LogP contribution >= 0.6 is 12.4 Å². The van der Waals surface area contributed by atoms with Gasteiger partial charge in [-0.1, -0.05) is 6.42 Å². The van der Waals surface area contributed by atoms with Gasteiger partial charge in [-0.25, -0.2) is 0 Å². The van der Waals surface area contributed by atoms with E-state index in [1.807, 2.05) is 6.92 Å². The standard InChI is InChI=1S/C11H21N3O2.ClH/c1-3-12-10(15)8(2)14-11(16)9-6-4-5-7-13-9;/h8-9,13H,3-7H2,1-2H3,(H,12,15)(H,14,16);1H. The van der Waals surface area contributed by atoms with Gasteiger partial charge in [0.1, 0.15) is 6.04 Å². The highest BCUT2D eigenvalue weighted by atomic mass is 35.5. The molecule has 0 aromatic heterocycles. The van der Waals surface area contributed by atoms with Crippen molar-refractivity contribution in [3.05, 3.63) is 0 Å². The molecule has 17 heavy (non-hydrogen) atoms. The van der Waals surface area contributed by atoms with Crippen molar-refractivity contribution in [1.29, 1.82) is 0 Å². The Morgan fingerprint density at radius 3 is 2.65 bits per heavy atom. The number of likely N-dealkylation sites (N-methyl/N-ethyl adjacent to an activating group) is 1. The molecule has 1 saturated heterocycles. The van der Waals surface area contributed by atoms with Gasteiger partial charge in [-0.2, -0.15) is 0 Å². The maximum atomic E-state index is 11.8. The molecule has 1 rings (SSSR count). The number of carbonyl (C=O) groups excluding carboxylic acids is 2.